The molecule has 0 aromatic rings. The first kappa shape index (κ1) is 16.8. The van der Waals surface area contributed by atoms with Gasteiger partial charge >= 0.3 is 12.0 Å². The fourth-order valence-corrected chi connectivity index (χ4v) is 2.92. The van der Waals surface area contributed by atoms with Crippen molar-refractivity contribution in [1.82, 2.24) is 10.6 Å². The quantitative estimate of drug-likeness (QED) is 0.722. The number of carbonyl (C=O) groups is 3. The molecule has 114 valence electrons. The lowest BCUT2D eigenvalue weighted by Crippen LogP contribution is -2.44. The number of ether oxygens (including phenoxy) is 1. The second kappa shape index (κ2) is 8.84. The first-order valence-electron chi connectivity index (χ1n) is 6.79. The maximum absolute atomic E-state index is 11.5. The summed E-state index contributed by atoms with van der Waals surface area (Å²) in [7, 11) is 1.34. The predicted molar refractivity (Wildman–Crippen MR) is 77.4 cm³/mol. The molecule has 6 nitrogen and oxygen atoms in total. The normalized spacial score (nSPS) is 16.5. The molecule has 3 amide bonds. The molecule has 0 saturated heterocycles. The van der Waals surface area contributed by atoms with Crippen LogP contribution < -0.4 is 10.6 Å². The Bertz CT molecular complexity index is 356. The minimum Gasteiger partial charge on any atom is -0.469 e. The van der Waals surface area contributed by atoms with Crippen molar-refractivity contribution in [2.45, 2.75) is 38.6 Å². The van der Waals surface area contributed by atoms with E-state index < -0.39 is 6.03 Å². The van der Waals surface area contributed by atoms with Crippen LogP contribution in [0.5, 0.6) is 0 Å². The lowest BCUT2D eigenvalue weighted by Gasteiger charge is -2.12. The van der Waals surface area contributed by atoms with E-state index in [2.05, 4.69) is 15.4 Å². The highest BCUT2D eigenvalue weighted by Gasteiger charge is 2.18. The second-order valence-electron chi connectivity index (χ2n) is 4.94. The summed E-state index contributed by atoms with van der Waals surface area (Å²) in [6.45, 7) is 1.74. The Morgan fingerprint density at radius 2 is 1.95 bits per heavy atom. The lowest BCUT2D eigenvalue weighted by atomic mass is 10.2. The van der Waals surface area contributed by atoms with Crippen LogP contribution in [0.4, 0.5) is 4.79 Å². The molecule has 0 spiro atoms. The molecule has 0 heterocycles. The van der Waals surface area contributed by atoms with Crippen molar-refractivity contribution in [1.29, 1.82) is 0 Å². The Labute approximate surface area is 123 Å². The summed E-state index contributed by atoms with van der Waals surface area (Å²) in [6.07, 6.45) is 4.21. The highest BCUT2D eigenvalue weighted by molar-refractivity contribution is 7.99. The summed E-state index contributed by atoms with van der Waals surface area (Å²) in [5.41, 5.74) is 0. The van der Waals surface area contributed by atoms with Crippen LogP contribution in [0.15, 0.2) is 0 Å². The Balaban J connectivity index is 2.13. The van der Waals surface area contributed by atoms with Crippen LogP contribution in [0.3, 0.4) is 0 Å². The standard InChI is InChI=1S/C13H22N2O4S/c1-9(12(17)19-2)7-20-8-11(16)15-13(18)14-10-5-3-4-6-10/h9-10H,3-8H2,1-2H3,(H2,14,15,16,18). The topological polar surface area (TPSA) is 84.5 Å². The van der Waals surface area contributed by atoms with E-state index in [1.54, 1.807) is 6.92 Å². The molecule has 20 heavy (non-hydrogen) atoms. The number of hydrogen-bond acceptors (Lipinski definition) is 5. The van der Waals surface area contributed by atoms with E-state index in [9.17, 15) is 14.4 Å². The fraction of sp³-hybridized carbons (Fsp3) is 0.769. The number of methoxy groups -OCH3 is 1. The van der Waals surface area contributed by atoms with Crippen LogP contribution in [0.25, 0.3) is 0 Å². The number of thioether (sulfide) groups is 1. The summed E-state index contributed by atoms with van der Waals surface area (Å²) in [5.74, 6) is -0.256. The Kier molecular flexibility index (Phi) is 7.43. The summed E-state index contributed by atoms with van der Waals surface area (Å²) >= 11 is 1.31. The van der Waals surface area contributed by atoms with Gasteiger partial charge in [-0.2, -0.15) is 11.8 Å². The molecule has 0 radical (unpaired) electrons. The maximum Gasteiger partial charge on any atom is 0.321 e. The number of hydrogen-bond donors (Lipinski definition) is 2. The van der Waals surface area contributed by atoms with Crippen molar-refractivity contribution in [3.63, 3.8) is 0 Å². The molecule has 1 rings (SSSR count). The van der Waals surface area contributed by atoms with Crippen LogP contribution in [-0.4, -0.2) is 42.6 Å². The highest BCUT2D eigenvalue weighted by Crippen LogP contribution is 2.17. The summed E-state index contributed by atoms with van der Waals surface area (Å²) in [6, 6.07) is -0.238. The highest BCUT2D eigenvalue weighted by atomic mass is 32.2. The van der Waals surface area contributed by atoms with Crippen molar-refractivity contribution in [2.75, 3.05) is 18.6 Å². The summed E-state index contributed by atoms with van der Waals surface area (Å²) < 4.78 is 4.59. The monoisotopic (exact) mass is 302 g/mol. The molecule has 0 aromatic heterocycles. The number of nitrogens with one attached hydrogen (secondary N) is 2. The van der Waals surface area contributed by atoms with Crippen LogP contribution in [0, 0.1) is 5.92 Å². The predicted octanol–water partition coefficient (Wildman–Crippen LogP) is 1.30. The van der Waals surface area contributed by atoms with Gasteiger partial charge < -0.3 is 10.1 Å². The van der Waals surface area contributed by atoms with Crippen molar-refractivity contribution >= 4 is 29.7 Å². The molecular formula is C13H22N2O4S. The average molecular weight is 302 g/mol. The van der Waals surface area contributed by atoms with Gasteiger partial charge in [-0.15, -0.1) is 0 Å². The SMILES string of the molecule is COC(=O)C(C)CSCC(=O)NC(=O)NC1CCCC1. The van der Waals surface area contributed by atoms with Crippen LogP contribution >= 0.6 is 11.8 Å². The van der Waals surface area contributed by atoms with E-state index in [0.29, 0.717) is 5.75 Å². The van der Waals surface area contributed by atoms with Crippen LogP contribution in [-0.2, 0) is 14.3 Å². The summed E-state index contributed by atoms with van der Waals surface area (Å²) in [4.78, 5) is 34.2. The zero-order valence-electron chi connectivity index (χ0n) is 11.9. The smallest absolute Gasteiger partial charge is 0.321 e. The average Bonchev–Trinajstić information content (AvgIpc) is 2.90. The van der Waals surface area contributed by atoms with Gasteiger partial charge in [0.1, 0.15) is 0 Å². The molecule has 1 aliphatic rings. The Hall–Kier alpha value is -1.24. The molecule has 1 saturated carbocycles. The number of imide groups is 1. The van der Waals surface area contributed by atoms with Gasteiger partial charge in [0, 0.05) is 11.8 Å². The largest absolute Gasteiger partial charge is 0.469 e. The van der Waals surface area contributed by atoms with Gasteiger partial charge in [-0.1, -0.05) is 19.8 Å². The van der Waals surface area contributed by atoms with Crippen molar-refractivity contribution < 1.29 is 19.1 Å². The molecule has 1 aliphatic carbocycles. The third kappa shape index (κ3) is 6.27. The van der Waals surface area contributed by atoms with E-state index in [4.69, 9.17) is 0 Å². The van der Waals surface area contributed by atoms with Crippen molar-refractivity contribution in [3.05, 3.63) is 0 Å². The van der Waals surface area contributed by atoms with Crippen molar-refractivity contribution in [2.24, 2.45) is 5.92 Å². The van der Waals surface area contributed by atoms with Crippen LogP contribution in [0.1, 0.15) is 32.6 Å². The van der Waals surface area contributed by atoms with Gasteiger partial charge in [-0.3, -0.25) is 14.9 Å². The van der Waals surface area contributed by atoms with Crippen molar-refractivity contribution in [3.8, 4) is 0 Å². The molecular weight excluding hydrogens is 280 g/mol. The molecule has 1 unspecified atom stereocenters. The number of urea groups is 1. The first-order chi connectivity index (χ1) is 9.52. The zero-order valence-corrected chi connectivity index (χ0v) is 12.8. The zero-order chi connectivity index (χ0) is 15.0. The van der Waals surface area contributed by atoms with E-state index in [1.165, 1.54) is 18.9 Å². The van der Waals surface area contributed by atoms with E-state index >= 15 is 0 Å². The van der Waals surface area contributed by atoms with E-state index in [1.807, 2.05) is 0 Å². The summed E-state index contributed by atoms with van der Waals surface area (Å²) in [5, 5.41) is 5.08. The minimum absolute atomic E-state index is 0.152. The van der Waals surface area contributed by atoms with E-state index in [0.717, 1.165) is 25.7 Å². The minimum atomic E-state index is -0.427. The molecule has 0 aromatic carbocycles. The Morgan fingerprint density at radius 3 is 2.55 bits per heavy atom. The number of rotatable bonds is 6. The van der Waals surface area contributed by atoms with Gasteiger partial charge in [0.2, 0.25) is 5.91 Å². The number of esters is 1. The van der Waals surface area contributed by atoms with Gasteiger partial charge in [-0.05, 0) is 12.8 Å². The van der Waals surface area contributed by atoms with Gasteiger partial charge in [0.25, 0.3) is 0 Å². The van der Waals surface area contributed by atoms with Gasteiger partial charge in [0.15, 0.2) is 0 Å². The second-order valence-corrected chi connectivity index (χ2v) is 5.97. The number of amides is 3. The Morgan fingerprint density at radius 1 is 1.30 bits per heavy atom. The lowest BCUT2D eigenvalue weighted by molar-refractivity contribution is -0.144. The van der Waals surface area contributed by atoms with E-state index in [-0.39, 0.29) is 29.6 Å². The molecule has 1 fully saturated rings. The molecule has 0 bridgehead atoms. The van der Waals surface area contributed by atoms with Gasteiger partial charge in [-0.25, -0.2) is 4.79 Å². The molecule has 1 atom stereocenters. The molecule has 2 N–H and O–H groups in total. The molecule has 0 aliphatic heterocycles. The maximum atomic E-state index is 11.5. The third-order valence-electron chi connectivity index (χ3n) is 3.15. The van der Waals surface area contributed by atoms with Gasteiger partial charge in [0.05, 0.1) is 18.8 Å². The fourth-order valence-electron chi connectivity index (χ4n) is 2.05. The third-order valence-corrected chi connectivity index (χ3v) is 4.35. The van der Waals surface area contributed by atoms with Crippen LogP contribution in [0.2, 0.25) is 0 Å². The number of carbonyl (C=O) groups excluding carboxylic acids is 3. The molecule has 7 heteroatoms. The first-order valence-corrected chi connectivity index (χ1v) is 7.94.